The predicted octanol–water partition coefficient (Wildman–Crippen LogP) is -5.55. The molecule has 0 aromatic heterocycles. The van der Waals surface area contributed by atoms with Crippen molar-refractivity contribution in [2.24, 2.45) is 29.1 Å². The van der Waals surface area contributed by atoms with E-state index in [0.717, 1.165) is 0 Å². The zero-order valence-corrected chi connectivity index (χ0v) is 75.3. The third-order valence-corrected chi connectivity index (χ3v) is 20.4. The van der Waals surface area contributed by atoms with Crippen molar-refractivity contribution in [3.8, 4) is 0 Å². The van der Waals surface area contributed by atoms with Gasteiger partial charge in [-0.25, -0.2) is 14.4 Å². The van der Waals surface area contributed by atoms with E-state index >= 15 is 0 Å². The van der Waals surface area contributed by atoms with Crippen LogP contribution in [0.25, 0.3) is 0 Å². The molecule has 3 unspecified atom stereocenters. The molecule has 16 atom stereocenters. The molecule has 0 saturated carbocycles. The van der Waals surface area contributed by atoms with E-state index in [-0.39, 0.29) is 105 Å². The quantitative estimate of drug-likeness (QED) is 0.0214. The predicted molar refractivity (Wildman–Crippen MR) is 452 cm³/mol. The maximum absolute atomic E-state index is 14.6. The number of esters is 1. The van der Waals surface area contributed by atoms with Gasteiger partial charge in [0.25, 0.3) is 0 Å². The molecule has 1 heterocycles. The molecule has 0 bridgehead atoms. The van der Waals surface area contributed by atoms with Crippen LogP contribution in [0, 0.1) is 29.1 Å². The van der Waals surface area contributed by atoms with Crippen LogP contribution in [0.2, 0.25) is 0 Å². The fourth-order valence-electron chi connectivity index (χ4n) is 13.4. The van der Waals surface area contributed by atoms with Gasteiger partial charge in [0.2, 0.25) is 82.7 Å². The first kappa shape index (κ1) is 112. The Hall–Kier alpha value is -10.3. The number of methoxy groups -OCH3 is 2. The number of benzene rings is 1. The van der Waals surface area contributed by atoms with Crippen molar-refractivity contribution in [1.29, 1.82) is 0 Å². The van der Waals surface area contributed by atoms with Crippen molar-refractivity contribution in [3.05, 3.63) is 35.9 Å². The minimum absolute atomic E-state index is 0.0148. The number of hydrogen-bond donors (Lipinski definition) is 19. The topological polar surface area (TPSA) is 624 Å². The Kier molecular flexibility index (Phi) is 51.5. The molecule has 126 heavy (non-hydrogen) atoms. The molecule has 0 aliphatic carbocycles. The summed E-state index contributed by atoms with van der Waals surface area (Å²) in [7, 11) is 8.20. The number of nitrogens with one attached hydrogen (secondary N) is 13. The fraction of sp³-hybridized carbons (Fsp3) is 0.720. The summed E-state index contributed by atoms with van der Waals surface area (Å²) in [5.74, 6) is -14.0. The van der Waals surface area contributed by atoms with E-state index in [4.69, 9.17) is 28.8 Å². The van der Waals surface area contributed by atoms with Crippen molar-refractivity contribution in [3.63, 3.8) is 0 Å². The Bertz CT molecular complexity index is 3680. The number of likely N-dealkylation sites (tertiary alicyclic amines) is 1. The number of aliphatic carboxylic acids is 1. The van der Waals surface area contributed by atoms with Crippen LogP contribution in [0.5, 0.6) is 0 Å². The molecule has 2 rings (SSSR count). The molecular weight excluding hydrogens is 1660 g/mol. The Labute approximate surface area is 735 Å². The molecule has 44 heteroatoms. The Balaban J connectivity index is 1.99. The molecule has 1 fully saturated rings. The number of carbonyl (C=O) groups excluding carboxylic acids is 16. The normalized spacial score (nSPS) is 16.2. The molecule has 1 saturated heterocycles. The van der Waals surface area contributed by atoms with Gasteiger partial charge in [0.05, 0.1) is 108 Å². The van der Waals surface area contributed by atoms with Gasteiger partial charge in [-0.05, 0) is 69.0 Å². The highest BCUT2D eigenvalue weighted by Gasteiger charge is 2.44. The molecule has 1 aliphatic rings. The number of carboxylic acids is 1. The van der Waals surface area contributed by atoms with Gasteiger partial charge >= 0.3 is 18.0 Å². The molecule has 15 amide bonds. The number of ether oxygens (including phenoxy) is 5. The van der Waals surface area contributed by atoms with E-state index < -0.39 is 233 Å². The average molecular weight is 1800 g/mol. The van der Waals surface area contributed by atoms with E-state index in [1.165, 1.54) is 21.1 Å². The smallest absolute Gasteiger partial charge is 0.407 e. The number of aliphatic hydroxyl groups excluding tert-OH is 5. The van der Waals surface area contributed by atoms with Crippen molar-refractivity contribution >= 4 is 101 Å². The lowest BCUT2D eigenvalue weighted by Crippen LogP contribution is -2.59. The maximum atomic E-state index is 14.6. The third-order valence-electron chi connectivity index (χ3n) is 20.4. The summed E-state index contributed by atoms with van der Waals surface area (Å²) in [5.41, 5.74) is 0.632. The fourth-order valence-corrected chi connectivity index (χ4v) is 13.4. The standard InChI is InChI=1S/C82H138N16O28/c1-17-48(6)70(97(14)78(117)68(46(2)3)95-77(116)69(47(4)5)96(12)13)58(122-15)37-67(110)98-32-21-25-55(98)73(123-16)49(7)74(113)94-52(35-51-23-19-18-20-24-51)75(114)84-29-22-33-125-80(120)50(8)91-62(105)36-53(79(118)119)92-61(104)27-31-85-81(121)126-44-54(76(115)90-38-56(100)71(111)72(112)57(101)43-99)93-66(109)42-89-65(108)41-88-64(107)40-87-63(106)39-86-59(102)26-30-83-60(103)28-34-124-45-82(9,10)11/h18-20,23-24,46-50,52-58,68-73,99-101,111-112H,17,21-22,25-45H2,1-16H3,(H,83,103)(H,84,114)(H,85,121)(H,86,102)(H,87,106)(H,88,107)(H,89,108)(H,90,115)(H,91,105)(H,92,104)(H,93,109)(H,94,113)(H,95,116)(H,118,119)/t48-,49+,50?,52-,53?,54?,55-,56-,57+,58+,68-,69-,70-,71+,72-,73+/m0/s1. The lowest BCUT2D eigenvalue weighted by Gasteiger charge is -2.41. The molecule has 1 aromatic carbocycles. The second-order valence-corrected chi connectivity index (χ2v) is 33.0. The van der Waals surface area contributed by atoms with Crippen LogP contribution in [0.1, 0.15) is 140 Å². The lowest BCUT2D eigenvalue weighted by molar-refractivity contribution is -0.148. The van der Waals surface area contributed by atoms with Crippen LogP contribution < -0.4 is 69.1 Å². The number of carbonyl (C=O) groups is 17. The Morgan fingerprint density at radius 3 is 1.68 bits per heavy atom. The number of rotatable bonds is 59. The summed E-state index contributed by atoms with van der Waals surface area (Å²) in [6, 6.07) is 0.105. The third kappa shape index (κ3) is 41.8. The molecule has 0 spiro atoms. The van der Waals surface area contributed by atoms with E-state index in [0.29, 0.717) is 38.0 Å². The van der Waals surface area contributed by atoms with Crippen LogP contribution >= 0.6 is 0 Å². The van der Waals surface area contributed by atoms with E-state index in [2.05, 4.69) is 69.1 Å². The Morgan fingerprint density at radius 2 is 1.13 bits per heavy atom. The first-order chi connectivity index (χ1) is 59.2. The summed E-state index contributed by atoms with van der Waals surface area (Å²) in [4.78, 5) is 228. The number of likely N-dealkylation sites (N-methyl/N-ethyl adjacent to an activating group) is 2. The minimum atomic E-state index is -2.15. The summed E-state index contributed by atoms with van der Waals surface area (Å²) in [5, 5.41) is 90.1. The van der Waals surface area contributed by atoms with Crippen LogP contribution in [-0.2, 0) is 107 Å². The van der Waals surface area contributed by atoms with Crippen molar-refractivity contribution < 1.29 is 136 Å². The molecule has 1 aliphatic heterocycles. The van der Waals surface area contributed by atoms with Gasteiger partial charge in [-0.15, -0.1) is 0 Å². The van der Waals surface area contributed by atoms with E-state index in [1.807, 2.05) is 81.3 Å². The number of alkyl carbamates (subject to hydrolysis) is 1. The van der Waals surface area contributed by atoms with Crippen LogP contribution in [0.3, 0.4) is 0 Å². The summed E-state index contributed by atoms with van der Waals surface area (Å²) in [6.07, 6.45) is -11.1. The van der Waals surface area contributed by atoms with E-state index in [9.17, 15) is 107 Å². The second-order valence-electron chi connectivity index (χ2n) is 33.0. The molecule has 44 nitrogen and oxygen atoms in total. The minimum Gasteiger partial charge on any atom is -0.480 e. The number of nitrogens with zero attached hydrogens (tertiary/aromatic N) is 3. The van der Waals surface area contributed by atoms with Crippen molar-refractivity contribution in [2.75, 3.05) is 127 Å². The van der Waals surface area contributed by atoms with Gasteiger partial charge in [-0.2, -0.15) is 0 Å². The van der Waals surface area contributed by atoms with Crippen molar-refractivity contribution in [2.45, 2.75) is 225 Å². The van der Waals surface area contributed by atoms with Gasteiger partial charge in [0.1, 0.15) is 55.1 Å². The van der Waals surface area contributed by atoms with Crippen LogP contribution in [0.4, 0.5) is 4.79 Å². The summed E-state index contributed by atoms with van der Waals surface area (Å²) in [6.45, 7) is 14.6. The largest absolute Gasteiger partial charge is 0.480 e. The van der Waals surface area contributed by atoms with Gasteiger partial charge in [-0.3, -0.25) is 72.0 Å². The number of hydrogen-bond acceptors (Lipinski definition) is 28. The SMILES string of the molecule is CC[C@H](C)[C@@H]([C@@H](CC(=O)N1CCC[C@H]1[C@H](OC)[C@@H](C)C(=O)N[C@@H](Cc1ccccc1)C(=O)NCCCOC(=O)C(C)NC(=O)CC(NC(=O)CCNC(=O)OCC(NC(=O)CNC(=O)CNC(=O)CNC(=O)CNC(=O)CCNC(=O)CCOCC(C)(C)C)C(=O)NC[C@H](O)[C@@H](O)[C@@H](O)[C@H](O)CO)C(=O)O)OC)N(C)C(=O)[C@@H](NC(=O)[C@H](C(C)C)N(C)C)C(C)C. The van der Waals surface area contributed by atoms with Gasteiger partial charge in [0, 0.05) is 79.7 Å². The molecule has 1 aromatic rings. The van der Waals surface area contributed by atoms with Crippen molar-refractivity contribution in [1.82, 2.24) is 83.8 Å². The van der Waals surface area contributed by atoms with Gasteiger partial charge in [-0.1, -0.05) is 106 Å². The molecular formula is C82H138N16O28. The van der Waals surface area contributed by atoms with Crippen LogP contribution in [-0.4, -0.2) is 358 Å². The first-order valence-electron chi connectivity index (χ1n) is 42.1. The Morgan fingerprint density at radius 1 is 0.563 bits per heavy atom. The summed E-state index contributed by atoms with van der Waals surface area (Å²) < 4.78 is 27.9. The van der Waals surface area contributed by atoms with Crippen LogP contribution in [0.15, 0.2) is 30.3 Å². The highest BCUT2D eigenvalue weighted by atomic mass is 16.6. The summed E-state index contributed by atoms with van der Waals surface area (Å²) >= 11 is 0. The molecule has 714 valence electrons. The number of aliphatic hydroxyl groups is 5. The number of amides is 15. The van der Waals surface area contributed by atoms with Gasteiger partial charge < -0.3 is 133 Å². The zero-order valence-electron chi connectivity index (χ0n) is 75.3. The number of carboxylic acid groups (broad SMARTS) is 1. The highest BCUT2D eigenvalue weighted by Crippen LogP contribution is 2.30. The lowest BCUT2D eigenvalue weighted by atomic mass is 9.89. The highest BCUT2D eigenvalue weighted by molar-refractivity contribution is 5.95. The average Bonchev–Trinajstić information content (AvgIpc) is 1.58. The first-order valence-corrected chi connectivity index (χ1v) is 42.1. The molecule has 0 radical (unpaired) electrons. The zero-order chi connectivity index (χ0) is 95.3. The maximum Gasteiger partial charge on any atom is 0.407 e. The van der Waals surface area contributed by atoms with E-state index in [1.54, 1.807) is 54.1 Å². The van der Waals surface area contributed by atoms with Gasteiger partial charge in [0.15, 0.2) is 0 Å². The second kappa shape index (κ2) is 58.1. The molecule has 19 N–H and O–H groups in total. The monoisotopic (exact) mass is 1790 g/mol.